The van der Waals surface area contributed by atoms with Crippen LogP contribution in [-0.4, -0.2) is 49.8 Å². The van der Waals surface area contributed by atoms with Crippen LogP contribution in [0.3, 0.4) is 0 Å². The molecule has 1 aliphatic heterocycles. The van der Waals surface area contributed by atoms with E-state index in [1.54, 1.807) is 0 Å². The van der Waals surface area contributed by atoms with E-state index in [0.29, 0.717) is 12.1 Å². The maximum atomic E-state index is 5.72. The molecule has 18 heavy (non-hydrogen) atoms. The summed E-state index contributed by atoms with van der Waals surface area (Å²) in [7, 11) is 0. The summed E-state index contributed by atoms with van der Waals surface area (Å²) in [6, 6.07) is 1.20. The van der Waals surface area contributed by atoms with Crippen molar-refractivity contribution in [2.75, 3.05) is 32.8 Å². The van der Waals surface area contributed by atoms with Gasteiger partial charge in [0.15, 0.2) is 0 Å². The summed E-state index contributed by atoms with van der Waals surface area (Å²) in [5.41, 5.74) is 0. The van der Waals surface area contributed by atoms with Crippen LogP contribution in [-0.2, 0) is 4.74 Å². The summed E-state index contributed by atoms with van der Waals surface area (Å²) in [6.07, 6.45) is 6.33. The summed E-state index contributed by atoms with van der Waals surface area (Å²) in [5.74, 6) is 0. The van der Waals surface area contributed by atoms with Crippen molar-refractivity contribution < 1.29 is 4.74 Å². The lowest BCUT2D eigenvalue weighted by Gasteiger charge is -2.40. The molecular weight excluding hydrogens is 224 g/mol. The molecule has 108 valence electrons. The zero-order valence-corrected chi connectivity index (χ0v) is 12.6. The number of unbranched alkanes of at least 4 members (excludes halogenated alkanes) is 2. The van der Waals surface area contributed by atoms with Gasteiger partial charge in [-0.3, -0.25) is 4.90 Å². The Morgan fingerprint density at radius 1 is 1.11 bits per heavy atom. The molecule has 0 aromatic rings. The maximum Gasteiger partial charge on any atom is 0.0637 e. The van der Waals surface area contributed by atoms with Crippen molar-refractivity contribution in [2.24, 2.45) is 0 Å². The van der Waals surface area contributed by atoms with E-state index in [4.69, 9.17) is 4.74 Å². The quantitative estimate of drug-likeness (QED) is 0.686. The lowest BCUT2D eigenvalue weighted by atomic mass is 10.0. The zero-order chi connectivity index (χ0) is 13.2. The van der Waals surface area contributed by atoms with Gasteiger partial charge in [0.2, 0.25) is 0 Å². The van der Waals surface area contributed by atoms with E-state index in [9.17, 15) is 0 Å². The lowest BCUT2D eigenvalue weighted by molar-refractivity contribution is -0.00381. The predicted octanol–water partition coefficient (Wildman–Crippen LogP) is 2.66. The number of hydrogen-bond donors (Lipinski definition) is 1. The Balaban J connectivity index is 2.54. The molecule has 1 aliphatic rings. The second-order valence-electron chi connectivity index (χ2n) is 5.34. The van der Waals surface area contributed by atoms with E-state index in [-0.39, 0.29) is 0 Å². The molecule has 1 heterocycles. The number of hydrogen-bond acceptors (Lipinski definition) is 3. The molecule has 2 unspecified atom stereocenters. The first-order chi connectivity index (χ1) is 8.83. The van der Waals surface area contributed by atoms with Gasteiger partial charge in [-0.2, -0.15) is 0 Å². The molecule has 0 aromatic heterocycles. The number of rotatable bonds is 9. The van der Waals surface area contributed by atoms with Crippen LogP contribution in [0.2, 0.25) is 0 Å². The van der Waals surface area contributed by atoms with E-state index in [1.165, 1.54) is 38.8 Å². The second-order valence-corrected chi connectivity index (χ2v) is 5.34. The molecule has 0 saturated carbocycles. The van der Waals surface area contributed by atoms with E-state index in [2.05, 4.69) is 31.0 Å². The molecule has 3 nitrogen and oxygen atoms in total. The first-order valence-electron chi connectivity index (χ1n) is 7.88. The summed E-state index contributed by atoms with van der Waals surface area (Å²) in [6.45, 7) is 12.1. The molecule has 0 amide bonds. The summed E-state index contributed by atoms with van der Waals surface area (Å²) in [4.78, 5) is 2.67. The fraction of sp³-hybridized carbons (Fsp3) is 1.00. The normalized spacial score (nSPS) is 24.7. The fourth-order valence-electron chi connectivity index (χ4n) is 2.75. The van der Waals surface area contributed by atoms with Gasteiger partial charge in [0.1, 0.15) is 0 Å². The molecule has 2 atom stereocenters. The molecule has 0 aliphatic carbocycles. The van der Waals surface area contributed by atoms with Gasteiger partial charge in [-0.15, -0.1) is 0 Å². The van der Waals surface area contributed by atoms with Crippen LogP contribution in [0.15, 0.2) is 0 Å². The van der Waals surface area contributed by atoms with Gasteiger partial charge in [0, 0.05) is 18.7 Å². The Kier molecular flexibility index (Phi) is 8.64. The van der Waals surface area contributed by atoms with Crippen LogP contribution in [0.4, 0.5) is 0 Å². The average molecular weight is 256 g/mol. The van der Waals surface area contributed by atoms with Gasteiger partial charge >= 0.3 is 0 Å². The summed E-state index contributed by atoms with van der Waals surface area (Å²) in [5, 5.41) is 3.65. The maximum absolute atomic E-state index is 5.72. The molecule has 0 radical (unpaired) electrons. The molecule has 1 rings (SSSR count). The van der Waals surface area contributed by atoms with Crippen LogP contribution in [0.1, 0.15) is 52.9 Å². The topological polar surface area (TPSA) is 24.5 Å². The van der Waals surface area contributed by atoms with Crippen molar-refractivity contribution in [1.29, 1.82) is 0 Å². The molecule has 0 bridgehead atoms. The zero-order valence-electron chi connectivity index (χ0n) is 12.6. The standard InChI is InChI=1S/C15H32N2O/c1-4-7-10-17(11-8-5-2)15-13-18-12-9-14(15)16-6-3/h14-16H,4-13H2,1-3H3. The Labute approximate surface area is 113 Å². The van der Waals surface area contributed by atoms with Gasteiger partial charge in [-0.25, -0.2) is 0 Å². The van der Waals surface area contributed by atoms with Crippen LogP contribution < -0.4 is 5.32 Å². The predicted molar refractivity (Wildman–Crippen MR) is 78.1 cm³/mol. The molecule has 1 saturated heterocycles. The third kappa shape index (κ3) is 5.25. The van der Waals surface area contributed by atoms with Crippen LogP contribution >= 0.6 is 0 Å². The number of nitrogens with one attached hydrogen (secondary N) is 1. The van der Waals surface area contributed by atoms with Crippen molar-refractivity contribution in [3.05, 3.63) is 0 Å². The van der Waals surface area contributed by atoms with Gasteiger partial charge < -0.3 is 10.1 Å². The van der Waals surface area contributed by atoms with E-state index >= 15 is 0 Å². The van der Waals surface area contributed by atoms with Crippen LogP contribution in [0.25, 0.3) is 0 Å². The highest BCUT2D eigenvalue weighted by atomic mass is 16.5. The molecule has 1 fully saturated rings. The van der Waals surface area contributed by atoms with E-state index in [1.807, 2.05) is 0 Å². The van der Waals surface area contributed by atoms with Crippen molar-refractivity contribution in [1.82, 2.24) is 10.2 Å². The lowest BCUT2D eigenvalue weighted by Crippen LogP contribution is -2.55. The average Bonchev–Trinajstić information content (AvgIpc) is 2.40. The Morgan fingerprint density at radius 2 is 1.78 bits per heavy atom. The van der Waals surface area contributed by atoms with E-state index in [0.717, 1.165) is 26.2 Å². The highest BCUT2D eigenvalue weighted by molar-refractivity contribution is 4.87. The van der Waals surface area contributed by atoms with Crippen molar-refractivity contribution >= 4 is 0 Å². The SMILES string of the molecule is CCCCN(CCCC)C1COCCC1NCC. The first-order valence-corrected chi connectivity index (χ1v) is 7.88. The molecule has 3 heteroatoms. The van der Waals surface area contributed by atoms with Gasteiger partial charge in [0.05, 0.1) is 6.61 Å². The Bertz CT molecular complexity index is 189. The highest BCUT2D eigenvalue weighted by Crippen LogP contribution is 2.16. The monoisotopic (exact) mass is 256 g/mol. The minimum absolute atomic E-state index is 0.580. The number of nitrogens with zero attached hydrogens (tertiary/aromatic N) is 1. The largest absolute Gasteiger partial charge is 0.380 e. The molecule has 0 aromatic carbocycles. The highest BCUT2D eigenvalue weighted by Gasteiger charge is 2.29. The minimum atomic E-state index is 0.580. The second kappa shape index (κ2) is 9.76. The van der Waals surface area contributed by atoms with Crippen LogP contribution in [0.5, 0.6) is 0 Å². The third-order valence-corrected chi connectivity index (χ3v) is 3.86. The molecular formula is C15H32N2O. The molecule has 0 spiro atoms. The molecule has 1 N–H and O–H groups in total. The number of likely N-dealkylation sites (N-methyl/N-ethyl adjacent to an activating group) is 1. The van der Waals surface area contributed by atoms with Crippen molar-refractivity contribution in [2.45, 2.75) is 65.0 Å². The van der Waals surface area contributed by atoms with Gasteiger partial charge in [-0.1, -0.05) is 33.6 Å². The van der Waals surface area contributed by atoms with Gasteiger partial charge in [0.25, 0.3) is 0 Å². The Hall–Kier alpha value is -0.120. The summed E-state index contributed by atoms with van der Waals surface area (Å²) < 4.78 is 5.72. The summed E-state index contributed by atoms with van der Waals surface area (Å²) >= 11 is 0. The fourth-order valence-corrected chi connectivity index (χ4v) is 2.75. The Morgan fingerprint density at radius 3 is 2.33 bits per heavy atom. The van der Waals surface area contributed by atoms with Gasteiger partial charge in [-0.05, 0) is 38.9 Å². The van der Waals surface area contributed by atoms with Crippen molar-refractivity contribution in [3.8, 4) is 0 Å². The minimum Gasteiger partial charge on any atom is -0.380 e. The third-order valence-electron chi connectivity index (χ3n) is 3.86. The first kappa shape index (κ1) is 15.9. The number of ether oxygens (including phenoxy) is 1. The van der Waals surface area contributed by atoms with Crippen LogP contribution in [0, 0.1) is 0 Å². The smallest absolute Gasteiger partial charge is 0.0637 e. The van der Waals surface area contributed by atoms with Crippen molar-refractivity contribution in [3.63, 3.8) is 0 Å². The van der Waals surface area contributed by atoms with E-state index < -0.39 is 0 Å².